The van der Waals surface area contributed by atoms with Crippen molar-refractivity contribution >= 4 is 24.0 Å². The zero-order chi connectivity index (χ0) is 19.2. The van der Waals surface area contributed by atoms with Crippen LogP contribution in [0.5, 0.6) is 5.75 Å². The number of aromatic nitrogens is 3. The van der Waals surface area contributed by atoms with Crippen LogP contribution in [-0.4, -0.2) is 54.5 Å². The molecule has 0 N–H and O–H groups in total. The first-order valence-corrected chi connectivity index (χ1v) is 10.1. The number of carbonyl (C=O) groups excluding carboxylic acids is 1. The van der Waals surface area contributed by atoms with Gasteiger partial charge in [0.25, 0.3) is 0 Å². The number of ether oxygens (including phenoxy) is 2. The largest absolute Gasteiger partial charge is 0.496 e. The number of morpholine rings is 1. The first-order chi connectivity index (χ1) is 13.1. The maximum atomic E-state index is 11.1. The molecule has 146 valence electrons. The molecule has 0 spiro atoms. The molecule has 1 aliphatic rings. The molecule has 3 rings (SSSR count). The Bertz CT molecular complexity index is 772. The molecule has 0 saturated carbocycles. The molecular formula is C19H26N4O3S. The highest BCUT2D eigenvalue weighted by atomic mass is 32.2. The summed E-state index contributed by atoms with van der Waals surface area (Å²) in [6, 6.07) is 5.46. The lowest BCUT2D eigenvalue weighted by Gasteiger charge is -2.28. The number of thioether (sulfide) groups is 1. The summed E-state index contributed by atoms with van der Waals surface area (Å²) in [6.07, 6.45) is 0.853. The van der Waals surface area contributed by atoms with Gasteiger partial charge in [0, 0.05) is 36.5 Å². The highest BCUT2D eigenvalue weighted by Gasteiger charge is 2.21. The molecule has 1 aliphatic heterocycles. The molecule has 2 heterocycles. The van der Waals surface area contributed by atoms with E-state index in [0.29, 0.717) is 30.4 Å². The Hall–Kier alpha value is -2.06. The van der Waals surface area contributed by atoms with Crippen LogP contribution in [-0.2, 0) is 17.0 Å². The van der Waals surface area contributed by atoms with Gasteiger partial charge in [-0.2, -0.15) is 0 Å². The Morgan fingerprint density at radius 3 is 2.74 bits per heavy atom. The molecule has 2 aromatic rings. The van der Waals surface area contributed by atoms with Crippen molar-refractivity contribution < 1.29 is 14.3 Å². The first-order valence-electron chi connectivity index (χ1n) is 9.13. The van der Waals surface area contributed by atoms with Gasteiger partial charge in [0.15, 0.2) is 5.16 Å². The number of anilines is 1. The Morgan fingerprint density at radius 1 is 1.30 bits per heavy atom. The number of aldehydes is 1. The summed E-state index contributed by atoms with van der Waals surface area (Å²) in [4.78, 5) is 13.3. The van der Waals surface area contributed by atoms with Crippen molar-refractivity contribution in [3.05, 3.63) is 29.3 Å². The number of methoxy groups -OCH3 is 1. The average molecular weight is 391 g/mol. The molecule has 0 radical (unpaired) electrons. The van der Waals surface area contributed by atoms with Crippen molar-refractivity contribution in [1.29, 1.82) is 0 Å². The van der Waals surface area contributed by atoms with E-state index in [1.165, 1.54) is 0 Å². The van der Waals surface area contributed by atoms with Gasteiger partial charge < -0.3 is 14.4 Å². The fourth-order valence-corrected chi connectivity index (χ4v) is 3.96. The fourth-order valence-electron chi connectivity index (χ4n) is 3.04. The van der Waals surface area contributed by atoms with Crippen molar-refractivity contribution in [2.75, 3.05) is 38.3 Å². The molecule has 0 bridgehead atoms. The molecule has 27 heavy (non-hydrogen) atoms. The summed E-state index contributed by atoms with van der Waals surface area (Å²) in [5.41, 5.74) is 1.61. The van der Waals surface area contributed by atoms with Gasteiger partial charge in [-0.3, -0.25) is 9.36 Å². The van der Waals surface area contributed by atoms with E-state index in [-0.39, 0.29) is 0 Å². The summed E-state index contributed by atoms with van der Waals surface area (Å²) >= 11 is 1.61. The molecule has 1 aromatic heterocycles. The van der Waals surface area contributed by atoms with Gasteiger partial charge in [-0.05, 0) is 24.1 Å². The minimum Gasteiger partial charge on any atom is -0.496 e. The molecule has 7 nitrogen and oxygen atoms in total. The second-order valence-electron chi connectivity index (χ2n) is 6.86. The van der Waals surface area contributed by atoms with Crippen LogP contribution in [0.15, 0.2) is 23.4 Å². The Labute approximate surface area is 164 Å². The van der Waals surface area contributed by atoms with Crippen LogP contribution in [0.4, 0.5) is 5.95 Å². The lowest BCUT2D eigenvalue weighted by atomic mass is 10.1. The molecular weight excluding hydrogens is 364 g/mol. The summed E-state index contributed by atoms with van der Waals surface area (Å²) in [5.74, 6) is 2.82. The lowest BCUT2D eigenvalue weighted by molar-refractivity contribution is 0.112. The van der Waals surface area contributed by atoms with Crippen molar-refractivity contribution in [2.24, 2.45) is 5.92 Å². The molecule has 8 heteroatoms. The van der Waals surface area contributed by atoms with Crippen LogP contribution in [0, 0.1) is 5.92 Å². The fraction of sp³-hybridized carbons (Fsp3) is 0.526. The second kappa shape index (κ2) is 9.23. The summed E-state index contributed by atoms with van der Waals surface area (Å²) in [6.45, 7) is 8.32. The minimum absolute atomic E-state index is 0.480. The Morgan fingerprint density at radius 2 is 2.07 bits per heavy atom. The number of benzene rings is 1. The van der Waals surface area contributed by atoms with Crippen LogP contribution in [0.2, 0.25) is 0 Å². The van der Waals surface area contributed by atoms with E-state index in [1.54, 1.807) is 24.9 Å². The summed E-state index contributed by atoms with van der Waals surface area (Å²) in [5, 5.41) is 9.78. The van der Waals surface area contributed by atoms with E-state index in [9.17, 15) is 4.79 Å². The third-order valence-corrected chi connectivity index (χ3v) is 5.35. The van der Waals surface area contributed by atoms with Crippen molar-refractivity contribution in [3.63, 3.8) is 0 Å². The average Bonchev–Trinajstić information content (AvgIpc) is 3.08. The molecule has 0 aliphatic carbocycles. The number of carbonyl (C=O) groups is 1. The first kappa shape index (κ1) is 19.7. The van der Waals surface area contributed by atoms with E-state index < -0.39 is 0 Å². The summed E-state index contributed by atoms with van der Waals surface area (Å²) in [7, 11) is 1.64. The molecule has 1 fully saturated rings. The molecule has 1 aromatic carbocycles. The maximum absolute atomic E-state index is 11.1. The standard InChI is InChI=1S/C19H26N4O3S/c1-14(2)11-23-18(22-6-8-26-9-7-22)20-21-19(23)27-13-16-10-15(12-24)4-5-17(16)25-3/h4-5,10,12,14H,6-9,11,13H2,1-3H3. The normalized spacial score (nSPS) is 14.6. The topological polar surface area (TPSA) is 69.5 Å². The number of hydrogen-bond acceptors (Lipinski definition) is 7. The number of rotatable bonds is 8. The zero-order valence-corrected chi connectivity index (χ0v) is 16.9. The highest BCUT2D eigenvalue weighted by Crippen LogP contribution is 2.30. The molecule has 1 saturated heterocycles. The zero-order valence-electron chi connectivity index (χ0n) is 16.1. The van der Waals surface area contributed by atoms with Gasteiger partial charge >= 0.3 is 0 Å². The van der Waals surface area contributed by atoms with Crippen molar-refractivity contribution in [3.8, 4) is 5.75 Å². The lowest BCUT2D eigenvalue weighted by Crippen LogP contribution is -2.38. The van der Waals surface area contributed by atoms with Crippen LogP contribution < -0.4 is 9.64 Å². The van der Waals surface area contributed by atoms with E-state index in [1.807, 2.05) is 12.1 Å². The SMILES string of the molecule is COc1ccc(C=O)cc1CSc1nnc(N2CCOCC2)n1CC(C)C. The van der Waals surface area contributed by atoms with Crippen LogP contribution in [0.25, 0.3) is 0 Å². The van der Waals surface area contributed by atoms with Gasteiger partial charge in [-0.15, -0.1) is 10.2 Å². The summed E-state index contributed by atoms with van der Waals surface area (Å²) < 4.78 is 13.1. The number of hydrogen-bond donors (Lipinski definition) is 0. The van der Waals surface area contributed by atoms with Gasteiger partial charge in [-0.1, -0.05) is 25.6 Å². The number of nitrogens with zero attached hydrogens (tertiary/aromatic N) is 4. The van der Waals surface area contributed by atoms with E-state index in [2.05, 4.69) is 33.5 Å². The van der Waals surface area contributed by atoms with Crippen molar-refractivity contribution in [1.82, 2.24) is 14.8 Å². The smallest absolute Gasteiger partial charge is 0.228 e. The molecule has 0 atom stereocenters. The van der Waals surface area contributed by atoms with Gasteiger partial charge in [-0.25, -0.2) is 0 Å². The van der Waals surface area contributed by atoms with E-state index >= 15 is 0 Å². The highest BCUT2D eigenvalue weighted by molar-refractivity contribution is 7.98. The third-order valence-electron chi connectivity index (χ3n) is 4.34. The maximum Gasteiger partial charge on any atom is 0.228 e. The van der Waals surface area contributed by atoms with Gasteiger partial charge in [0.05, 0.1) is 20.3 Å². The monoisotopic (exact) mass is 390 g/mol. The minimum atomic E-state index is 0.480. The molecule has 0 unspecified atom stereocenters. The van der Waals surface area contributed by atoms with Crippen molar-refractivity contribution in [2.45, 2.75) is 31.3 Å². The van der Waals surface area contributed by atoms with E-state index in [4.69, 9.17) is 9.47 Å². The van der Waals surface area contributed by atoms with Crippen LogP contribution in [0.1, 0.15) is 29.8 Å². The predicted molar refractivity (Wildman–Crippen MR) is 106 cm³/mol. The predicted octanol–water partition coefficient (Wildman–Crippen LogP) is 2.88. The Kier molecular flexibility index (Phi) is 6.73. The Balaban J connectivity index is 1.82. The molecule has 0 amide bonds. The van der Waals surface area contributed by atoms with Crippen LogP contribution >= 0.6 is 11.8 Å². The van der Waals surface area contributed by atoms with Gasteiger partial charge in [0.1, 0.15) is 12.0 Å². The third kappa shape index (κ3) is 4.81. The quantitative estimate of drug-likeness (QED) is 0.507. The second-order valence-corrected chi connectivity index (χ2v) is 7.81. The van der Waals surface area contributed by atoms with Gasteiger partial charge in [0.2, 0.25) is 5.95 Å². The van der Waals surface area contributed by atoms with Crippen LogP contribution in [0.3, 0.4) is 0 Å². The van der Waals surface area contributed by atoms with E-state index in [0.717, 1.165) is 48.3 Å².